The molecule has 2 aromatic carbocycles. The van der Waals surface area contributed by atoms with Gasteiger partial charge in [0.25, 0.3) is 5.91 Å². The first-order chi connectivity index (χ1) is 15.7. The Morgan fingerprint density at radius 3 is 2.42 bits per heavy atom. The lowest BCUT2D eigenvalue weighted by Crippen LogP contribution is -2.36. The molecule has 3 rings (SSSR count). The van der Waals surface area contributed by atoms with Crippen LogP contribution in [-0.2, 0) is 13.0 Å². The molecule has 0 aliphatic heterocycles. The Balaban J connectivity index is 1.83. The Kier molecular flexibility index (Phi) is 7.87. The minimum absolute atomic E-state index is 0.0155. The lowest BCUT2D eigenvalue weighted by Gasteiger charge is -2.13. The summed E-state index contributed by atoms with van der Waals surface area (Å²) in [5.74, 6) is -0.536. The zero-order chi connectivity index (χ0) is 24.1. The molecule has 0 radical (unpaired) electrons. The van der Waals surface area contributed by atoms with E-state index in [4.69, 9.17) is 11.6 Å². The number of carbonyl (C=O) groups is 1. The summed E-state index contributed by atoms with van der Waals surface area (Å²) in [4.78, 5) is 17.5. The van der Waals surface area contributed by atoms with E-state index in [1.807, 2.05) is 50.6 Å². The van der Waals surface area contributed by atoms with E-state index in [9.17, 15) is 9.18 Å². The van der Waals surface area contributed by atoms with E-state index in [1.165, 1.54) is 12.1 Å². The van der Waals surface area contributed by atoms with Gasteiger partial charge in [-0.25, -0.2) is 4.39 Å². The molecule has 1 heterocycles. The molecule has 1 amide bonds. The number of aryl methyl sites for hydroxylation is 4. The molecule has 8 heteroatoms. The molecule has 0 unspecified atom stereocenters. The first kappa shape index (κ1) is 24.5. The number of aliphatic imine (C=N–C) groups is 1. The predicted octanol–water partition coefficient (Wildman–Crippen LogP) is 5.37. The van der Waals surface area contributed by atoms with Gasteiger partial charge in [-0.15, -0.1) is 0 Å². The first-order valence-corrected chi connectivity index (χ1v) is 11.2. The summed E-state index contributed by atoms with van der Waals surface area (Å²) in [6.07, 6.45) is 0.673. The van der Waals surface area contributed by atoms with Gasteiger partial charge in [0.15, 0.2) is 0 Å². The standard InChI is InChI=1S/C25H29ClFN5O/c1-6-32-18(5)21(17(4)31-32)9-10-28-25(29-20-7-8-23(27)22(26)14-20)30-24(33)19-12-15(2)11-16(3)13-19/h7-8,11-14H,6,9-10H2,1-5H3,(H2,28,29,30,33). The van der Waals surface area contributed by atoms with Crippen molar-refractivity contribution in [2.24, 2.45) is 4.99 Å². The van der Waals surface area contributed by atoms with Crippen LogP contribution in [0.25, 0.3) is 0 Å². The van der Waals surface area contributed by atoms with Crippen LogP contribution in [0.4, 0.5) is 10.1 Å². The molecule has 3 aromatic rings. The number of rotatable bonds is 6. The molecule has 0 aliphatic rings. The number of nitrogens with zero attached hydrogens (tertiary/aromatic N) is 3. The molecule has 0 spiro atoms. The summed E-state index contributed by atoms with van der Waals surface area (Å²) in [7, 11) is 0. The first-order valence-electron chi connectivity index (χ1n) is 10.9. The summed E-state index contributed by atoms with van der Waals surface area (Å²) in [6, 6.07) is 9.90. The lowest BCUT2D eigenvalue weighted by atomic mass is 10.1. The Labute approximate surface area is 198 Å². The molecule has 0 aliphatic carbocycles. The molecule has 1 aromatic heterocycles. The SMILES string of the molecule is CCn1nc(C)c(CCN=C(NC(=O)c2cc(C)cc(C)c2)Nc2ccc(F)c(Cl)c2)c1C. The van der Waals surface area contributed by atoms with Gasteiger partial charge in [-0.2, -0.15) is 5.10 Å². The topological polar surface area (TPSA) is 71.3 Å². The smallest absolute Gasteiger partial charge is 0.257 e. The number of anilines is 1. The highest BCUT2D eigenvalue weighted by Gasteiger charge is 2.13. The molecule has 0 atom stereocenters. The molecular weight excluding hydrogens is 441 g/mol. The number of nitrogens with one attached hydrogen (secondary N) is 2. The highest BCUT2D eigenvalue weighted by atomic mass is 35.5. The van der Waals surface area contributed by atoms with Crippen LogP contribution in [0, 0.1) is 33.5 Å². The van der Waals surface area contributed by atoms with Crippen LogP contribution < -0.4 is 10.6 Å². The van der Waals surface area contributed by atoms with E-state index >= 15 is 0 Å². The van der Waals surface area contributed by atoms with Crippen LogP contribution in [-0.4, -0.2) is 28.2 Å². The maximum atomic E-state index is 13.6. The second kappa shape index (κ2) is 10.6. The van der Waals surface area contributed by atoms with Crippen LogP contribution >= 0.6 is 11.6 Å². The van der Waals surface area contributed by atoms with Crippen LogP contribution in [0.5, 0.6) is 0 Å². The molecule has 0 saturated carbocycles. The number of aromatic nitrogens is 2. The Hall–Kier alpha value is -3.19. The second-order valence-electron chi connectivity index (χ2n) is 8.03. The van der Waals surface area contributed by atoms with Gasteiger partial charge < -0.3 is 5.32 Å². The quantitative estimate of drug-likeness (QED) is 0.376. The second-order valence-corrected chi connectivity index (χ2v) is 8.44. The number of benzene rings is 2. The lowest BCUT2D eigenvalue weighted by molar-refractivity contribution is 0.0976. The Morgan fingerprint density at radius 1 is 1.12 bits per heavy atom. The average molecular weight is 470 g/mol. The van der Waals surface area contributed by atoms with Crippen LogP contribution in [0.3, 0.4) is 0 Å². The van der Waals surface area contributed by atoms with Crippen molar-refractivity contribution >= 4 is 29.2 Å². The monoisotopic (exact) mass is 469 g/mol. The zero-order valence-electron chi connectivity index (χ0n) is 19.6. The van der Waals surface area contributed by atoms with Crippen molar-refractivity contribution in [3.8, 4) is 0 Å². The molecule has 6 nitrogen and oxygen atoms in total. The third-order valence-electron chi connectivity index (χ3n) is 5.36. The number of hydrogen-bond acceptors (Lipinski definition) is 3. The van der Waals surface area contributed by atoms with Gasteiger partial charge in [0.2, 0.25) is 5.96 Å². The van der Waals surface area contributed by atoms with Gasteiger partial charge in [0, 0.05) is 30.0 Å². The normalized spacial score (nSPS) is 11.5. The van der Waals surface area contributed by atoms with Gasteiger partial charge in [-0.3, -0.25) is 19.8 Å². The van der Waals surface area contributed by atoms with Crippen molar-refractivity contribution in [2.45, 2.75) is 47.6 Å². The van der Waals surface area contributed by atoms with E-state index in [0.717, 1.165) is 34.6 Å². The van der Waals surface area contributed by atoms with Gasteiger partial charge in [0.1, 0.15) is 5.82 Å². The van der Waals surface area contributed by atoms with Gasteiger partial charge >= 0.3 is 0 Å². The Bertz CT molecular complexity index is 1180. The summed E-state index contributed by atoms with van der Waals surface area (Å²) in [6.45, 7) is 11.2. The van der Waals surface area contributed by atoms with Crippen molar-refractivity contribution in [1.82, 2.24) is 15.1 Å². The molecule has 33 heavy (non-hydrogen) atoms. The van der Waals surface area contributed by atoms with Crippen molar-refractivity contribution < 1.29 is 9.18 Å². The number of guanidine groups is 1. The zero-order valence-corrected chi connectivity index (χ0v) is 20.3. The largest absolute Gasteiger partial charge is 0.326 e. The maximum Gasteiger partial charge on any atom is 0.257 e. The summed E-state index contributed by atoms with van der Waals surface area (Å²) < 4.78 is 15.5. The molecule has 0 fully saturated rings. The van der Waals surface area contributed by atoms with Crippen molar-refractivity contribution in [3.05, 3.63) is 80.9 Å². The van der Waals surface area contributed by atoms with Crippen LogP contribution in [0.1, 0.15) is 45.4 Å². The van der Waals surface area contributed by atoms with Gasteiger partial charge in [0.05, 0.1) is 10.7 Å². The number of hydrogen-bond donors (Lipinski definition) is 2. The maximum absolute atomic E-state index is 13.6. The molecular formula is C25H29ClFN5O. The van der Waals surface area contributed by atoms with E-state index in [2.05, 4.69) is 27.6 Å². The van der Waals surface area contributed by atoms with Crippen LogP contribution in [0.15, 0.2) is 41.4 Å². The molecule has 0 bridgehead atoms. The molecule has 0 saturated heterocycles. The van der Waals surface area contributed by atoms with E-state index in [-0.39, 0.29) is 16.9 Å². The van der Waals surface area contributed by atoms with Gasteiger partial charge in [-0.1, -0.05) is 28.8 Å². The fourth-order valence-electron chi connectivity index (χ4n) is 3.79. The Morgan fingerprint density at radius 2 is 1.82 bits per heavy atom. The number of amides is 1. The minimum atomic E-state index is -0.515. The summed E-state index contributed by atoms with van der Waals surface area (Å²) in [5.41, 5.74) is 6.28. The van der Waals surface area contributed by atoms with Crippen molar-refractivity contribution in [1.29, 1.82) is 0 Å². The van der Waals surface area contributed by atoms with E-state index in [0.29, 0.717) is 24.2 Å². The number of halogens is 2. The van der Waals surface area contributed by atoms with Crippen molar-refractivity contribution in [2.75, 3.05) is 11.9 Å². The van der Waals surface area contributed by atoms with Crippen LogP contribution in [0.2, 0.25) is 5.02 Å². The van der Waals surface area contributed by atoms with Gasteiger partial charge in [-0.05, 0) is 76.9 Å². The predicted molar refractivity (Wildman–Crippen MR) is 132 cm³/mol. The molecule has 2 N–H and O–H groups in total. The minimum Gasteiger partial charge on any atom is -0.326 e. The number of carbonyl (C=O) groups excluding carboxylic acids is 1. The highest BCUT2D eigenvalue weighted by Crippen LogP contribution is 2.19. The fraction of sp³-hybridized carbons (Fsp3) is 0.320. The van der Waals surface area contributed by atoms with E-state index < -0.39 is 5.82 Å². The third kappa shape index (κ3) is 6.20. The van der Waals surface area contributed by atoms with E-state index in [1.54, 1.807) is 6.07 Å². The summed E-state index contributed by atoms with van der Waals surface area (Å²) in [5, 5.41) is 10.4. The summed E-state index contributed by atoms with van der Waals surface area (Å²) >= 11 is 5.92. The highest BCUT2D eigenvalue weighted by molar-refractivity contribution is 6.31. The average Bonchev–Trinajstić information content (AvgIpc) is 3.03. The molecule has 174 valence electrons. The third-order valence-corrected chi connectivity index (χ3v) is 5.65. The fourth-order valence-corrected chi connectivity index (χ4v) is 3.97. The van der Waals surface area contributed by atoms with Crippen molar-refractivity contribution in [3.63, 3.8) is 0 Å².